The Kier molecular flexibility index (Phi) is 7.45. The molecule has 2 aromatic rings. The molecule has 0 saturated carbocycles. The highest BCUT2D eigenvalue weighted by molar-refractivity contribution is 7.89. The number of sulfonamides is 1. The van der Waals surface area contributed by atoms with Crippen LogP contribution in [0.25, 0.3) is 0 Å². The lowest BCUT2D eigenvalue weighted by Gasteiger charge is -2.23. The van der Waals surface area contributed by atoms with Crippen LogP contribution in [0, 0.1) is 0 Å². The standard InChI is InChI=1S/C23H30N2O3S/c1-2-16-24(19-20-10-6-5-7-11-20)23(26)21-12-14-22(15-13-21)29(27,28)25-17-8-3-4-9-18-25/h5-7,10-15H,2-4,8-9,16-19H2,1H3. The van der Waals surface area contributed by atoms with Gasteiger partial charge in [-0.2, -0.15) is 4.31 Å². The zero-order valence-electron chi connectivity index (χ0n) is 17.1. The lowest BCUT2D eigenvalue weighted by molar-refractivity contribution is 0.0743. The number of hydrogen-bond donors (Lipinski definition) is 0. The van der Waals surface area contributed by atoms with E-state index in [0.29, 0.717) is 31.7 Å². The fourth-order valence-electron chi connectivity index (χ4n) is 3.71. The van der Waals surface area contributed by atoms with Gasteiger partial charge in [0.15, 0.2) is 0 Å². The summed E-state index contributed by atoms with van der Waals surface area (Å²) in [5.41, 5.74) is 1.60. The zero-order valence-corrected chi connectivity index (χ0v) is 17.9. The molecule has 0 N–H and O–H groups in total. The first-order valence-corrected chi connectivity index (χ1v) is 11.9. The van der Waals surface area contributed by atoms with E-state index in [2.05, 4.69) is 0 Å². The van der Waals surface area contributed by atoms with Crippen molar-refractivity contribution in [1.29, 1.82) is 0 Å². The summed E-state index contributed by atoms with van der Waals surface area (Å²) in [6, 6.07) is 16.3. The van der Waals surface area contributed by atoms with Gasteiger partial charge < -0.3 is 4.90 Å². The molecule has 0 spiro atoms. The van der Waals surface area contributed by atoms with Crippen LogP contribution in [0.5, 0.6) is 0 Å². The molecular weight excluding hydrogens is 384 g/mol. The fourth-order valence-corrected chi connectivity index (χ4v) is 5.23. The third kappa shape index (κ3) is 5.46. The first kappa shape index (κ1) is 21.5. The minimum absolute atomic E-state index is 0.0746. The molecule has 1 saturated heterocycles. The van der Waals surface area contributed by atoms with Gasteiger partial charge >= 0.3 is 0 Å². The molecule has 0 unspecified atom stereocenters. The number of carbonyl (C=O) groups excluding carboxylic acids is 1. The van der Waals surface area contributed by atoms with Crippen molar-refractivity contribution >= 4 is 15.9 Å². The van der Waals surface area contributed by atoms with E-state index in [1.807, 2.05) is 42.2 Å². The van der Waals surface area contributed by atoms with Gasteiger partial charge in [0.25, 0.3) is 5.91 Å². The largest absolute Gasteiger partial charge is 0.334 e. The molecule has 3 rings (SSSR count). The molecule has 6 heteroatoms. The first-order chi connectivity index (χ1) is 14.0. The molecule has 156 valence electrons. The Bertz CT molecular complexity index is 887. The smallest absolute Gasteiger partial charge is 0.254 e. The van der Waals surface area contributed by atoms with Crippen molar-refractivity contribution in [3.63, 3.8) is 0 Å². The number of amides is 1. The summed E-state index contributed by atoms with van der Waals surface area (Å²) in [5, 5.41) is 0. The van der Waals surface area contributed by atoms with Crippen molar-refractivity contribution in [3.8, 4) is 0 Å². The summed E-state index contributed by atoms with van der Waals surface area (Å²) in [7, 11) is -3.50. The van der Waals surface area contributed by atoms with E-state index >= 15 is 0 Å². The van der Waals surface area contributed by atoms with Gasteiger partial charge in [-0.05, 0) is 49.1 Å². The summed E-state index contributed by atoms with van der Waals surface area (Å²) in [6.45, 7) is 4.39. The van der Waals surface area contributed by atoms with Gasteiger partial charge in [-0.15, -0.1) is 0 Å². The van der Waals surface area contributed by atoms with Crippen molar-refractivity contribution in [2.45, 2.75) is 50.5 Å². The molecule has 5 nitrogen and oxygen atoms in total. The van der Waals surface area contributed by atoms with Crippen molar-refractivity contribution in [2.24, 2.45) is 0 Å². The van der Waals surface area contributed by atoms with Gasteiger partial charge in [0.1, 0.15) is 0 Å². The van der Waals surface area contributed by atoms with Crippen LogP contribution in [-0.2, 0) is 16.6 Å². The highest BCUT2D eigenvalue weighted by Crippen LogP contribution is 2.21. The summed E-state index contributed by atoms with van der Waals surface area (Å²) >= 11 is 0. The fraction of sp³-hybridized carbons (Fsp3) is 0.435. The van der Waals surface area contributed by atoms with Crippen molar-refractivity contribution in [3.05, 3.63) is 65.7 Å². The summed E-state index contributed by atoms with van der Waals surface area (Å²) < 4.78 is 27.4. The number of rotatable bonds is 7. The maximum Gasteiger partial charge on any atom is 0.254 e. The third-order valence-corrected chi connectivity index (χ3v) is 7.21. The van der Waals surface area contributed by atoms with Gasteiger partial charge in [-0.25, -0.2) is 8.42 Å². The minimum atomic E-state index is -3.50. The molecule has 1 amide bonds. The molecule has 0 bridgehead atoms. The zero-order chi connectivity index (χ0) is 20.7. The Morgan fingerprint density at radius 1 is 0.931 bits per heavy atom. The maximum absolute atomic E-state index is 13.0. The summed E-state index contributed by atoms with van der Waals surface area (Å²) in [4.78, 5) is 15.1. The van der Waals surface area contributed by atoms with E-state index in [0.717, 1.165) is 37.7 Å². The second-order valence-electron chi connectivity index (χ2n) is 7.55. The third-order valence-electron chi connectivity index (χ3n) is 5.30. The van der Waals surface area contributed by atoms with Crippen molar-refractivity contribution in [1.82, 2.24) is 9.21 Å². The van der Waals surface area contributed by atoms with Gasteiger partial charge in [-0.3, -0.25) is 4.79 Å². The van der Waals surface area contributed by atoms with E-state index in [9.17, 15) is 13.2 Å². The number of nitrogens with zero attached hydrogens (tertiary/aromatic N) is 2. The second-order valence-corrected chi connectivity index (χ2v) is 9.49. The summed E-state index contributed by atoms with van der Waals surface area (Å²) in [5.74, 6) is -0.0746. The number of hydrogen-bond acceptors (Lipinski definition) is 3. The Morgan fingerprint density at radius 3 is 2.14 bits per heavy atom. The van der Waals surface area contributed by atoms with E-state index in [1.165, 1.54) is 0 Å². The molecule has 1 aliphatic rings. The van der Waals surface area contributed by atoms with E-state index < -0.39 is 10.0 Å². The number of benzene rings is 2. The van der Waals surface area contributed by atoms with Crippen LogP contribution >= 0.6 is 0 Å². The molecule has 29 heavy (non-hydrogen) atoms. The average molecular weight is 415 g/mol. The Balaban J connectivity index is 1.76. The van der Waals surface area contributed by atoms with Gasteiger partial charge in [0.05, 0.1) is 4.90 Å². The Hall–Kier alpha value is -2.18. The summed E-state index contributed by atoms with van der Waals surface area (Å²) in [6.07, 6.45) is 4.82. The van der Waals surface area contributed by atoms with Crippen LogP contribution in [-0.4, -0.2) is 43.2 Å². The highest BCUT2D eigenvalue weighted by atomic mass is 32.2. The molecule has 1 aliphatic heterocycles. The van der Waals surface area contributed by atoms with Crippen LogP contribution in [0.15, 0.2) is 59.5 Å². The predicted octanol–water partition coefficient (Wildman–Crippen LogP) is 4.30. The van der Waals surface area contributed by atoms with Gasteiger partial charge in [-0.1, -0.05) is 50.1 Å². The van der Waals surface area contributed by atoms with Crippen LogP contribution in [0.4, 0.5) is 0 Å². The van der Waals surface area contributed by atoms with Crippen LogP contribution < -0.4 is 0 Å². The first-order valence-electron chi connectivity index (χ1n) is 10.5. The minimum Gasteiger partial charge on any atom is -0.334 e. The van der Waals surface area contributed by atoms with Gasteiger partial charge in [0.2, 0.25) is 10.0 Å². The van der Waals surface area contributed by atoms with E-state index in [4.69, 9.17) is 0 Å². The SMILES string of the molecule is CCCN(Cc1ccccc1)C(=O)c1ccc(S(=O)(=O)N2CCCCCC2)cc1. The highest BCUT2D eigenvalue weighted by Gasteiger charge is 2.25. The topological polar surface area (TPSA) is 57.7 Å². The molecular formula is C23H30N2O3S. The Labute approximate surface area is 174 Å². The van der Waals surface area contributed by atoms with Crippen molar-refractivity contribution in [2.75, 3.05) is 19.6 Å². The van der Waals surface area contributed by atoms with Crippen LogP contribution in [0.1, 0.15) is 54.9 Å². The second kappa shape index (κ2) is 10.0. The monoisotopic (exact) mass is 414 g/mol. The normalized spacial score (nSPS) is 15.6. The van der Waals surface area contributed by atoms with Gasteiger partial charge in [0, 0.05) is 31.7 Å². The Morgan fingerprint density at radius 2 is 1.55 bits per heavy atom. The average Bonchev–Trinajstić information content (AvgIpc) is 3.04. The van der Waals surface area contributed by atoms with Crippen LogP contribution in [0.2, 0.25) is 0 Å². The molecule has 2 aromatic carbocycles. The molecule has 0 radical (unpaired) electrons. The molecule has 0 aromatic heterocycles. The lowest BCUT2D eigenvalue weighted by Crippen LogP contribution is -2.32. The molecule has 1 fully saturated rings. The van der Waals surface area contributed by atoms with E-state index in [1.54, 1.807) is 28.6 Å². The van der Waals surface area contributed by atoms with Crippen molar-refractivity contribution < 1.29 is 13.2 Å². The maximum atomic E-state index is 13.0. The molecule has 0 aliphatic carbocycles. The van der Waals surface area contributed by atoms with Crippen LogP contribution in [0.3, 0.4) is 0 Å². The predicted molar refractivity (Wildman–Crippen MR) is 115 cm³/mol. The van der Waals surface area contributed by atoms with E-state index in [-0.39, 0.29) is 10.8 Å². The molecule has 0 atom stereocenters. The quantitative estimate of drug-likeness (QED) is 0.679. The lowest BCUT2D eigenvalue weighted by atomic mass is 10.1. The number of carbonyl (C=O) groups is 1. The molecule has 1 heterocycles.